The fourth-order valence-corrected chi connectivity index (χ4v) is 7.66. The van der Waals surface area contributed by atoms with Gasteiger partial charge in [-0.05, 0) is 68.4 Å². The summed E-state index contributed by atoms with van der Waals surface area (Å²) in [6.07, 6.45) is -4.64. The van der Waals surface area contributed by atoms with E-state index in [1.54, 1.807) is 25.1 Å². The lowest BCUT2D eigenvalue weighted by atomic mass is 10.1. The molecule has 0 radical (unpaired) electrons. The number of carbonyl (C=O) groups is 1. The number of methoxy groups -OCH3 is 1. The number of anilines is 1. The molecule has 2 aromatic heterocycles. The van der Waals surface area contributed by atoms with Gasteiger partial charge in [0, 0.05) is 22.7 Å². The fourth-order valence-electron chi connectivity index (χ4n) is 3.90. The van der Waals surface area contributed by atoms with Gasteiger partial charge in [-0.25, -0.2) is 26.8 Å². The summed E-state index contributed by atoms with van der Waals surface area (Å²) in [5.74, 6) is 4.58. The minimum absolute atomic E-state index is 0.0382. The van der Waals surface area contributed by atoms with E-state index >= 15 is 0 Å². The molecule has 0 saturated heterocycles. The van der Waals surface area contributed by atoms with Crippen LogP contribution >= 0.6 is 33.4 Å². The second-order valence-corrected chi connectivity index (χ2v) is 16.1. The standard InChI is InChI=1S/C21H17F3N2O4S2.C8H6ClNO2S2/c1-13-25-18-10-8-16(12-19(18)31-13)32(28,29)26-17-9-7-15(21(22,23)24)11-14(17)5-3-4-6-20(27)30-2;1-5-10-7-3-2-6(14(9,11)12)4-8(7)13-5/h7-12,26H,4,6H2,1-2H3;2-4H,1H3. The zero-order valence-electron chi connectivity index (χ0n) is 24.1. The largest absolute Gasteiger partial charge is 0.469 e. The van der Waals surface area contributed by atoms with E-state index in [0.717, 1.165) is 38.4 Å². The van der Waals surface area contributed by atoms with Gasteiger partial charge in [-0.1, -0.05) is 11.8 Å². The summed E-state index contributed by atoms with van der Waals surface area (Å²) < 4.78 is 95.6. The van der Waals surface area contributed by atoms with Crippen LogP contribution in [0.2, 0.25) is 0 Å². The topological polar surface area (TPSA) is 132 Å². The Morgan fingerprint density at radius 3 is 2.02 bits per heavy atom. The summed E-state index contributed by atoms with van der Waals surface area (Å²) >= 11 is 2.77. The molecule has 0 bridgehead atoms. The van der Waals surface area contributed by atoms with Gasteiger partial charge < -0.3 is 4.74 Å². The van der Waals surface area contributed by atoms with E-state index < -0.39 is 36.8 Å². The molecule has 0 fully saturated rings. The number of ether oxygens (including phenoxy) is 1. The van der Waals surface area contributed by atoms with Crippen molar-refractivity contribution < 1.29 is 39.5 Å². The van der Waals surface area contributed by atoms with Crippen molar-refractivity contribution in [3.8, 4) is 11.8 Å². The number of fused-ring (bicyclic) bond motifs is 2. The van der Waals surface area contributed by atoms with E-state index in [2.05, 4.69) is 31.3 Å². The molecule has 0 spiro atoms. The Morgan fingerprint density at radius 2 is 1.48 bits per heavy atom. The monoisotopic (exact) mass is 729 g/mol. The molecule has 5 aromatic rings. The van der Waals surface area contributed by atoms with Gasteiger partial charge in [0.1, 0.15) is 0 Å². The lowest BCUT2D eigenvalue weighted by Gasteiger charge is -2.13. The van der Waals surface area contributed by atoms with Crippen molar-refractivity contribution >= 4 is 84.5 Å². The van der Waals surface area contributed by atoms with Crippen molar-refractivity contribution in [3.63, 3.8) is 0 Å². The lowest BCUT2D eigenvalue weighted by Crippen LogP contribution is -2.14. The number of aromatic nitrogens is 2. The Morgan fingerprint density at radius 1 is 0.913 bits per heavy atom. The molecule has 0 amide bonds. The maximum atomic E-state index is 13.1. The normalized spacial score (nSPS) is 11.8. The Balaban J connectivity index is 0.000000284. The molecule has 0 aliphatic rings. The van der Waals surface area contributed by atoms with Gasteiger partial charge >= 0.3 is 12.1 Å². The highest BCUT2D eigenvalue weighted by atomic mass is 35.7. The van der Waals surface area contributed by atoms with Crippen LogP contribution in [0.1, 0.15) is 34.0 Å². The quantitative estimate of drug-likeness (QED) is 0.110. The molecular formula is C29H23ClF3N3O6S4. The van der Waals surface area contributed by atoms with Crippen LogP contribution in [0.15, 0.2) is 64.4 Å². The number of thiazole rings is 2. The van der Waals surface area contributed by atoms with Crippen LogP contribution in [-0.2, 0) is 34.8 Å². The third-order valence-electron chi connectivity index (χ3n) is 6.02. The van der Waals surface area contributed by atoms with Gasteiger partial charge in [0.15, 0.2) is 0 Å². The molecule has 0 aliphatic heterocycles. The number of hydrogen-bond acceptors (Lipinski definition) is 10. The number of nitrogens with zero attached hydrogens (tertiary/aromatic N) is 2. The molecule has 46 heavy (non-hydrogen) atoms. The number of sulfonamides is 1. The van der Waals surface area contributed by atoms with Crippen molar-refractivity contribution in [2.45, 2.75) is 42.7 Å². The van der Waals surface area contributed by atoms with Gasteiger partial charge in [0.25, 0.3) is 19.1 Å². The highest BCUT2D eigenvalue weighted by Crippen LogP contribution is 2.33. The van der Waals surface area contributed by atoms with Crippen LogP contribution in [0.4, 0.5) is 18.9 Å². The molecule has 0 unspecified atom stereocenters. The van der Waals surface area contributed by atoms with Crippen LogP contribution in [-0.4, -0.2) is 39.9 Å². The third-order valence-corrected chi connectivity index (χ3v) is 10.6. The molecule has 0 atom stereocenters. The number of rotatable bonds is 6. The second-order valence-electron chi connectivity index (χ2n) is 9.40. The maximum Gasteiger partial charge on any atom is 0.416 e. The average molecular weight is 730 g/mol. The molecule has 17 heteroatoms. The van der Waals surface area contributed by atoms with E-state index in [1.807, 2.05) is 6.92 Å². The number of alkyl halides is 3. The number of nitrogens with one attached hydrogen (secondary N) is 1. The Bertz CT molecular complexity index is 2220. The number of benzene rings is 3. The molecule has 9 nitrogen and oxygen atoms in total. The molecule has 1 N–H and O–H groups in total. The summed E-state index contributed by atoms with van der Waals surface area (Å²) in [4.78, 5) is 19.7. The van der Waals surface area contributed by atoms with Gasteiger partial charge in [0.05, 0.1) is 65.0 Å². The van der Waals surface area contributed by atoms with Crippen LogP contribution in [0.3, 0.4) is 0 Å². The van der Waals surface area contributed by atoms with Crippen LogP contribution in [0, 0.1) is 25.7 Å². The van der Waals surface area contributed by atoms with Crippen LogP contribution in [0.5, 0.6) is 0 Å². The SMILES string of the molecule is COC(=O)CCC#Cc1cc(C(F)(F)F)ccc1NS(=O)(=O)c1ccc2nc(C)sc2c1.Cc1nc2ccc(S(=O)(=O)Cl)cc2s1. The van der Waals surface area contributed by atoms with Crippen molar-refractivity contribution in [2.75, 3.05) is 11.8 Å². The summed E-state index contributed by atoms with van der Waals surface area (Å²) in [5.41, 5.74) is 0.209. The molecule has 0 saturated carbocycles. The third kappa shape index (κ3) is 8.95. The summed E-state index contributed by atoms with van der Waals surface area (Å²) in [6, 6.07) is 11.6. The molecule has 0 aliphatic carbocycles. The molecule has 242 valence electrons. The van der Waals surface area contributed by atoms with E-state index in [4.69, 9.17) is 10.7 Å². The van der Waals surface area contributed by atoms with Gasteiger partial charge in [0.2, 0.25) is 0 Å². The minimum Gasteiger partial charge on any atom is -0.469 e. The van der Waals surface area contributed by atoms with Crippen LogP contribution in [0.25, 0.3) is 20.4 Å². The summed E-state index contributed by atoms with van der Waals surface area (Å²) in [7, 11) is -1.31. The van der Waals surface area contributed by atoms with Crippen molar-refractivity contribution in [3.05, 3.63) is 75.7 Å². The van der Waals surface area contributed by atoms with E-state index in [0.29, 0.717) is 10.2 Å². The highest BCUT2D eigenvalue weighted by Gasteiger charge is 2.31. The number of carbonyl (C=O) groups excluding carboxylic acids is 1. The fraction of sp³-hybridized carbons (Fsp3) is 0.207. The molecule has 5 rings (SSSR count). The first-order valence-electron chi connectivity index (χ1n) is 12.9. The van der Waals surface area contributed by atoms with Gasteiger partial charge in [-0.2, -0.15) is 13.2 Å². The summed E-state index contributed by atoms with van der Waals surface area (Å²) in [5, 5.41) is 1.68. The predicted molar refractivity (Wildman–Crippen MR) is 172 cm³/mol. The number of hydrogen-bond donors (Lipinski definition) is 1. The zero-order valence-corrected chi connectivity index (χ0v) is 28.1. The van der Waals surface area contributed by atoms with Gasteiger partial charge in [-0.3, -0.25) is 9.52 Å². The number of esters is 1. The molecular weight excluding hydrogens is 707 g/mol. The number of aryl methyl sites for hydroxylation is 2. The molecule has 3 aromatic carbocycles. The maximum absolute atomic E-state index is 13.1. The first-order chi connectivity index (χ1) is 21.5. The Labute approximate surface area is 274 Å². The minimum atomic E-state index is -4.63. The van der Waals surface area contributed by atoms with Crippen molar-refractivity contribution in [2.24, 2.45) is 0 Å². The number of halogens is 4. The zero-order chi connectivity index (χ0) is 33.9. The van der Waals surface area contributed by atoms with Gasteiger partial charge in [-0.15, -0.1) is 22.7 Å². The lowest BCUT2D eigenvalue weighted by molar-refractivity contribution is -0.140. The van der Waals surface area contributed by atoms with Crippen LogP contribution < -0.4 is 4.72 Å². The summed E-state index contributed by atoms with van der Waals surface area (Å²) in [6.45, 7) is 3.67. The highest BCUT2D eigenvalue weighted by molar-refractivity contribution is 8.13. The average Bonchev–Trinajstić information content (AvgIpc) is 3.54. The second kappa shape index (κ2) is 13.9. The first-order valence-corrected chi connectivity index (χ1v) is 18.4. The van der Waals surface area contributed by atoms with E-state index in [1.165, 1.54) is 48.0 Å². The molecule has 2 heterocycles. The van der Waals surface area contributed by atoms with E-state index in [-0.39, 0.29) is 33.9 Å². The predicted octanol–water partition coefficient (Wildman–Crippen LogP) is 7.26. The van der Waals surface area contributed by atoms with Crippen molar-refractivity contribution in [1.29, 1.82) is 0 Å². The first kappa shape index (κ1) is 35.1. The smallest absolute Gasteiger partial charge is 0.416 e. The van der Waals surface area contributed by atoms with Crippen molar-refractivity contribution in [1.82, 2.24) is 9.97 Å². The Kier molecular flexibility index (Phi) is 10.6. The Hall–Kier alpha value is -3.75. The van der Waals surface area contributed by atoms with E-state index in [9.17, 15) is 34.8 Å².